The highest BCUT2D eigenvalue weighted by atomic mass is 16.2. The Labute approximate surface area is 193 Å². The van der Waals surface area contributed by atoms with Gasteiger partial charge in [-0.1, -0.05) is 43.7 Å². The van der Waals surface area contributed by atoms with Crippen LogP contribution in [0.25, 0.3) is 0 Å². The molecule has 1 saturated heterocycles. The zero-order chi connectivity index (χ0) is 23.5. The van der Waals surface area contributed by atoms with Crippen LogP contribution in [0.5, 0.6) is 0 Å². The first-order chi connectivity index (χ1) is 15.0. The van der Waals surface area contributed by atoms with Gasteiger partial charge in [0, 0.05) is 55.8 Å². The van der Waals surface area contributed by atoms with E-state index in [9.17, 15) is 4.79 Å². The Morgan fingerprint density at radius 1 is 1.09 bits per heavy atom. The van der Waals surface area contributed by atoms with E-state index in [4.69, 9.17) is 9.97 Å². The van der Waals surface area contributed by atoms with E-state index in [2.05, 4.69) is 62.2 Å². The summed E-state index contributed by atoms with van der Waals surface area (Å²) in [5.74, 6) is 2.45. The molecule has 2 aromatic rings. The molecule has 1 aromatic heterocycles. The fraction of sp³-hybridized carbons (Fsp3) is 0.577. The molecule has 0 spiro atoms. The summed E-state index contributed by atoms with van der Waals surface area (Å²) in [6, 6.07) is 8.66. The van der Waals surface area contributed by atoms with Crippen LogP contribution in [0.3, 0.4) is 0 Å². The molecule has 6 heteroatoms. The highest BCUT2D eigenvalue weighted by molar-refractivity contribution is 5.75. The summed E-state index contributed by atoms with van der Waals surface area (Å²) in [7, 11) is 0. The zero-order valence-electron chi connectivity index (χ0n) is 20.8. The predicted octanol–water partition coefficient (Wildman–Crippen LogP) is 4.51. The molecule has 1 N–H and O–H groups in total. The number of urea groups is 1. The second kappa shape index (κ2) is 9.88. The molecule has 0 aliphatic carbocycles. The summed E-state index contributed by atoms with van der Waals surface area (Å²) in [5.41, 5.74) is 4.55. The maximum absolute atomic E-state index is 12.6. The van der Waals surface area contributed by atoms with Gasteiger partial charge in [-0.25, -0.2) is 14.8 Å². The third-order valence-electron chi connectivity index (χ3n) is 5.64. The summed E-state index contributed by atoms with van der Waals surface area (Å²) in [6.07, 6.45) is 1.68. The van der Waals surface area contributed by atoms with Crippen molar-refractivity contribution in [2.75, 3.05) is 31.1 Å². The van der Waals surface area contributed by atoms with Crippen LogP contribution in [-0.4, -0.2) is 52.6 Å². The SMILES string of the molecule is Cc1cccc(Cc2c(C)nc(CC(C)C)nc2N2CCN(C(=O)NC(C)(C)C)CC2)c1. The zero-order valence-corrected chi connectivity index (χ0v) is 20.8. The average molecular weight is 438 g/mol. The summed E-state index contributed by atoms with van der Waals surface area (Å²) >= 11 is 0. The van der Waals surface area contributed by atoms with Crippen molar-refractivity contribution in [1.82, 2.24) is 20.2 Å². The van der Waals surface area contributed by atoms with Crippen molar-refractivity contribution in [2.24, 2.45) is 5.92 Å². The van der Waals surface area contributed by atoms with Crippen molar-refractivity contribution < 1.29 is 4.79 Å². The number of amides is 2. The van der Waals surface area contributed by atoms with Crippen LogP contribution in [0.4, 0.5) is 10.6 Å². The minimum atomic E-state index is -0.231. The van der Waals surface area contributed by atoms with Gasteiger partial charge in [-0.3, -0.25) is 0 Å². The monoisotopic (exact) mass is 437 g/mol. The van der Waals surface area contributed by atoms with E-state index in [1.54, 1.807) is 0 Å². The minimum absolute atomic E-state index is 0.0106. The first kappa shape index (κ1) is 24.0. The Bertz CT molecular complexity index is 940. The van der Waals surface area contributed by atoms with Crippen LogP contribution in [0.1, 0.15) is 62.8 Å². The molecular weight excluding hydrogens is 398 g/mol. The van der Waals surface area contributed by atoms with E-state index in [0.717, 1.165) is 43.3 Å². The topological polar surface area (TPSA) is 61.4 Å². The van der Waals surface area contributed by atoms with Gasteiger partial charge < -0.3 is 15.1 Å². The fourth-order valence-electron chi connectivity index (χ4n) is 4.11. The molecule has 1 aliphatic rings. The second-order valence-corrected chi connectivity index (χ2v) is 10.4. The lowest BCUT2D eigenvalue weighted by Crippen LogP contribution is -2.55. The van der Waals surface area contributed by atoms with Crippen molar-refractivity contribution in [3.05, 3.63) is 52.5 Å². The van der Waals surface area contributed by atoms with Crippen LogP contribution in [-0.2, 0) is 12.8 Å². The van der Waals surface area contributed by atoms with Crippen molar-refractivity contribution in [1.29, 1.82) is 0 Å². The van der Waals surface area contributed by atoms with Gasteiger partial charge >= 0.3 is 6.03 Å². The van der Waals surface area contributed by atoms with Gasteiger partial charge in [-0.2, -0.15) is 0 Å². The van der Waals surface area contributed by atoms with Gasteiger partial charge in [0.1, 0.15) is 11.6 Å². The van der Waals surface area contributed by atoms with E-state index < -0.39 is 0 Å². The number of anilines is 1. The molecule has 0 atom stereocenters. The molecule has 0 radical (unpaired) electrons. The van der Waals surface area contributed by atoms with Crippen molar-refractivity contribution >= 4 is 11.8 Å². The highest BCUT2D eigenvalue weighted by Crippen LogP contribution is 2.26. The lowest BCUT2D eigenvalue weighted by molar-refractivity contribution is 0.185. The maximum atomic E-state index is 12.6. The number of hydrogen-bond acceptors (Lipinski definition) is 4. The minimum Gasteiger partial charge on any atom is -0.353 e. The third-order valence-corrected chi connectivity index (χ3v) is 5.64. The van der Waals surface area contributed by atoms with E-state index in [1.165, 1.54) is 16.7 Å². The summed E-state index contributed by atoms with van der Waals surface area (Å²) < 4.78 is 0. The number of piperazine rings is 1. The number of benzene rings is 1. The number of nitrogens with one attached hydrogen (secondary N) is 1. The van der Waals surface area contributed by atoms with Gasteiger partial charge in [0.15, 0.2) is 0 Å². The molecule has 1 aromatic carbocycles. The molecule has 174 valence electrons. The summed E-state index contributed by atoms with van der Waals surface area (Å²) in [5, 5.41) is 3.08. The van der Waals surface area contributed by atoms with Crippen molar-refractivity contribution in [2.45, 2.75) is 66.8 Å². The van der Waals surface area contributed by atoms with Gasteiger partial charge in [-0.15, -0.1) is 0 Å². The number of rotatable bonds is 5. The smallest absolute Gasteiger partial charge is 0.317 e. The Morgan fingerprint density at radius 3 is 2.38 bits per heavy atom. The Morgan fingerprint density at radius 2 is 1.78 bits per heavy atom. The number of aromatic nitrogens is 2. The Balaban J connectivity index is 1.85. The van der Waals surface area contributed by atoms with Gasteiger partial charge in [0.25, 0.3) is 0 Å². The number of carbonyl (C=O) groups excluding carboxylic acids is 1. The Hall–Kier alpha value is -2.63. The van der Waals surface area contributed by atoms with E-state index in [0.29, 0.717) is 19.0 Å². The molecule has 0 bridgehead atoms. The Kier molecular flexibility index (Phi) is 7.42. The summed E-state index contributed by atoms with van der Waals surface area (Å²) in [6.45, 7) is 17.6. The first-order valence-electron chi connectivity index (χ1n) is 11.8. The van der Waals surface area contributed by atoms with Crippen LogP contribution >= 0.6 is 0 Å². The molecule has 3 rings (SSSR count). The van der Waals surface area contributed by atoms with Gasteiger partial charge in [0.2, 0.25) is 0 Å². The standard InChI is InChI=1S/C26H39N5O/c1-18(2)15-23-27-20(4)22(17-21-10-8-9-19(3)16-21)24(28-23)30-11-13-31(14-12-30)25(32)29-26(5,6)7/h8-10,16,18H,11-15,17H2,1-7H3,(H,29,32). The fourth-order valence-corrected chi connectivity index (χ4v) is 4.11. The molecule has 1 fully saturated rings. The molecule has 0 unspecified atom stereocenters. The van der Waals surface area contributed by atoms with E-state index in [1.807, 2.05) is 25.7 Å². The molecule has 1 aliphatic heterocycles. The van der Waals surface area contributed by atoms with Gasteiger partial charge in [-0.05, 0) is 46.1 Å². The summed E-state index contributed by atoms with van der Waals surface area (Å²) in [4.78, 5) is 26.7. The van der Waals surface area contributed by atoms with Crippen LogP contribution < -0.4 is 10.2 Å². The normalized spacial score (nSPS) is 14.8. The van der Waals surface area contributed by atoms with Gasteiger partial charge in [0.05, 0.1) is 0 Å². The number of carbonyl (C=O) groups is 1. The van der Waals surface area contributed by atoms with Crippen LogP contribution in [0, 0.1) is 19.8 Å². The number of nitrogens with zero attached hydrogens (tertiary/aromatic N) is 4. The van der Waals surface area contributed by atoms with Crippen molar-refractivity contribution in [3.63, 3.8) is 0 Å². The predicted molar refractivity (Wildman–Crippen MR) is 131 cm³/mol. The number of hydrogen-bond donors (Lipinski definition) is 1. The third kappa shape index (κ3) is 6.44. The second-order valence-electron chi connectivity index (χ2n) is 10.4. The maximum Gasteiger partial charge on any atom is 0.317 e. The number of aryl methyl sites for hydroxylation is 2. The highest BCUT2D eigenvalue weighted by Gasteiger charge is 2.27. The molecular formula is C26H39N5O. The quantitative estimate of drug-likeness (QED) is 0.747. The van der Waals surface area contributed by atoms with Crippen molar-refractivity contribution in [3.8, 4) is 0 Å². The first-order valence-corrected chi connectivity index (χ1v) is 11.8. The molecule has 0 saturated carbocycles. The molecule has 2 amide bonds. The van der Waals surface area contributed by atoms with Crippen LogP contribution in [0.15, 0.2) is 24.3 Å². The lowest BCUT2D eigenvalue weighted by Gasteiger charge is -2.37. The molecule has 32 heavy (non-hydrogen) atoms. The average Bonchev–Trinajstić information content (AvgIpc) is 2.68. The lowest BCUT2D eigenvalue weighted by atomic mass is 10.0. The molecule has 2 heterocycles. The molecule has 6 nitrogen and oxygen atoms in total. The van der Waals surface area contributed by atoms with E-state index in [-0.39, 0.29) is 11.6 Å². The van der Waals surface area contributed by atoms with Crippen LogP contribution in [0.2, 0.25) is 0 Å². The van der Waals surface area contributed by atoms with E-state index >= 15 is 0 Å². The largest absolute Gasteiger partial charge is 0.353 e.